The van der Waals surface area contributed by atoms with E-state index in [-0.39, 0.29) is 17.6 Å². The first-order valence-corrected chi connectivity index (χ1v) is 3.95. The molecule has 1 aliphatic rings. The Morgan fingerprint density at radius 3 is 2.71 bits per heavy atom. The van der Waals surface area contributed by atoms with Crippen molar-refractivity contribution in [3.05, 3.63) is 29.1 Å². The summed E-state index contributed by atoms with van der Waals surface area (Å²) in [6.07, 6.45) is 0. The lowest BCUT2D eigenvalue weighted by Crippen LogP contribution is -2.31. The van der Waals surface area contributed by atoms with Crippen LogP contribution in [0.3, 0.4) is 0 Å². The maximum atomic E-state index is 13.1. The summed E-state index contributed by atoms with van der Waals surface area (Å²) in [7, 11) is 0.536. The van der Waals surface area contributed by atoms with Gasteiger partial charge < -0.3 is 9.31 Å². The average Bonchev–Trinajstić information content (AvgIpc) is 2.57. The molecule has 1 aliphatic heterocycles. The van der Waals surface area contributed by atoms with Crippen LogP contribution in [0.25, 0.3) is 0 Å². The maximum Gasteiger partial charge on any atom is 0.494 e. The molecule has 1 aromatic rings. The van der Waals surface area contributed by atoms with Crippen molar-refractivity contribution in [1.82, 2.24) is 0 Å². The summed E-state index contributed by atoms with van der Waals surface area (Å²) in [5, 5.41) is 0. The second-order valence-corrected chi connectivity index (χ2v) is 2.93. The van der Waals surface area contributed by atoms with Gasteiger partial charge in [0.05, 0.1) is 6.61 Å². The topological polar surface area (TPSA) is 18.5 Å². The van der Waals surface area contributed by atoms with Crippen LogP contribution >= 0.6 is 0 Å². The van der Waals surface area contributed by atoms with Crippen molar-refractivity contribution in [3.8, 4) is 0 Å². The van der Waals surface area contributed by atoms with Gasteiger partial charge in [-0.3, -0.25) is 0 Å². The Balaban J connectivity index is 2.58. The molecule has 1 aromatic carbocycles. The molecule has 2 rings (SSSR count). The summed E-state index contributed by atoms with van der Waals surface area (Å²) in [5.41, 5.74) is 0.236. The first-order chi connectivity index (χ1) is 6.65. The molecule has 0 aliphatic carbocycles. The highest BCUT2D eigenvalue weighted by Crippen LogP contribution is 2.19. The fraction of sp³-hybridized carbons (Fsp3) is 0.250. The second kappa shape index (κ2) is 3.29. The minimum atomic E-state index is -1.47. The number of fused-ring (bicyclic) bond motifs is 1. The highest BCUT2D eigenvalue weighted by atomic mass is 19.2. The van der Waals surface area contributed by atoms with E-state index in [1.165, 1.54) is 7.11 Å². The smallest absolute Gasteiger partial charge is 0.410 e. The predicted molar refractivity (Wildman–Crippen MR) is 43.5 cm³/mol. The monoisotopic (exact) mass is 202 g/mol. The second-order valence-electron chi connectivity index (χ2n) is 2.93. The molecule has 1 heterocycles. The molecule has 0 amide bonds. The summed E-state index contributed by atoms with van der Waals surface area (Å²) in [4.78, 5) is 0. The van der Waals surface area contributed by atoms with Crippen LogP contribution in [0, 0.1) is 17.5 Å². The van der Waals surface area contributed by atoms with Crippen LogP contribution in [0.4, 0.5) is 13.2 Å². The Bertz CT molecular complexity index is 383. The van der Waals surface area contributed by atoms with Crippen molar-refractivity contribution < 1.29 is 22.5 Å². The van der Waals surface area contributed by atoms with E-state index < -0.39 is 24.6 Å². The molecule has 0 saturated heterocycles. The molecule has 6 heteroatoms. The Hall–Kier alpha value is -1.01. The van der Waals surface area contributed by atoms with Gasteiger partial charge in [-0.25, -0.2) is 13.2 Å². The van der Waals surface area contributed by atoms with Crippen LogP contribution in [0.15, 0.2) is 6.07 Å². The zero-order valence-corrected chi connectivity index (χ0v) is 7.31. The van der Waals surface area contributed by atoms with Gasteiger partial charge in [-0.15, -0.1) is 0 Å². The van der Waals surface area contributed by atoms with Gasteiger partial charge in [-0.05, 0) is 11.5 Å². The number of hydrogen-bond acceptors (Lipinski definition) is 2. The summed E-state index contributed by atoms with van der Waals surface area (Å²) >= 11 is 0. The van der Waals surface area contributed by atoms with Gasteiger partial charge in [-0.1, -0.05) is 0 Å². The fourth-order valence-electron chi connectivity index (χ4n) is 1.45. The molecule has 0 bridgehead atoms. The number of rotatable bonds is 1. The van der Waals surface area contributed by atoms with E-state index >= 15 is 0 Å². The van der Waals surface area contributed by atoms with Gasteiger partial charge in [0.2, 0.25) is 0 Å². The van der Waals surface area contributed by atoms with E-state index in [0.29, 0.717) is 0 Å². The molecule has 74 valence electrons. The molecule has 0 fully saturated rings. The zero-order valence-electron chi connectivity index (χ0n) is 7.31. The SMILES string of the molecule is COB1OCc2c1cc(F)c(F)c2F. The van der Waals surface area contributed by atoms with E-state index in [1.54, 1.807) is 0 Å². The molecule has 0 spiro atoms. The third-order valence-electron chi connectivity index (χ3n) is 2.15. The zero-order chi connectivity index (χ0) is 10.3. The Kier molecular flexibility index (Phi) is 2.24. The summed E-state index contributed by atoms with van der Waals surface area (Å²) in [6.45, 7) is -0.100. The van der Waals surface area contributed by atoms with Gasteiger partial charge in [0.25, 0.3) is 0 Å². The van der Waals surface area contributed by atoms with E-state index in [0.717, 1.165) is 6.07 Å². The molecule has 0 saturated carbocycles. The molecule has 0 atom stereocenters. The van der Waals surface area contributed by atoms with Crippen molar-refractivity contribution in [1.29, 1.82) is 0 Å². The van der Waals surface area contributed by atoms with Gasteiger partial charge in [0.1, 0.15) is 0 Å². The van der Waals surface area contributed by atoms with Crippen molar-refractivity contribution in [2.45, 2.75) is 6.61 Å². The summed E-state index contributed by atoms with van der Waals surface area (Å²) in [5.74, 6) is -3.89. The average molecular weight is 202 g/mol. The molecule has 0 radical (unpaired) electrons. The lowest BCUT2D eigenvalue weighted by molar-refractivity contribution is 0.243. The lowest BCUT2D eigenvalue weighted by Gasteiger charge is -2.03. The van der Waals surface area contributed by atoms with E-state index in [2.05, 4.69) is 0 Å². The highest BCUT2D eigenvalue weighted by Gasteiger charge is 2.34. The van der Waals surface area contributed by atoms with Crippen LogP contribution in [0.1, 0.15) is 5.56 Å². The lowest BCUT2D eigenvalue weighted by atomic mass is 9.79. The van der Waals surface area contributed by atoms with E-state index in [4.69, 9.17) is 9.31 Å². The standard InChI is InChI=1S/C8H6BF3O2/c1-13-9-5-2-6(10)8(12)7(11)4(5)3-14-9/h2H,3H2,1H3. The van der Waals surface area contributed by atoms with Crippen molar-refractivity contribution >= 4 is 12.6 Å². The van der Waals surface area contributed by atoms with E-state index in [1.807, 2.05) is 0 Å². The minimum absolute atomic E-state index is 0.0238. The molecular weight excluding hydrogens is 196 g/mol. The van der Waals surface area contributed by atoms with E-state index in [9.17, 15) is 13.2 Å². The molecule has 0 aromatic heterocycles. The van der Waals surface area contributed by atoms with Gasteiger partial charge in [0, 0.05) is 12.7 Å². The third-order valence-corrected chi connectivity index (χ3v) is 2.15. The molecular formula is C8H6BF3O2. The molecule has 14 heavy (non-hydrogen) atoms. The van der Waals surface area contributed by atoms with Gasteiger partial charge in [0.15, 0.2) is 17.5 Å². The van der Waals surface area contributed by atoms with Crippen LogP contribution < -0.4 is 5.46 Å². The first-order valence-electron chi connectivity index (χ1n) is 3.95. The van der Waals surface area contributed by atoms with Crippen LogP contribution in [0.5, 0.6) is 0 Å². The Morgan fingerprint density at radius 1 is 1.36 bits per heavy atom. The minimum Gasteiger partial charge on any atom is -0.410 e. The highest BCUT2D eigenvalue weighted by molar-refractivity contribution is 6.62. The summed E-state index contributed by atoms with van der Waals surface area (Å²) < 4.78 is 48.5. The predicted octanol–water partition coefficient (Wildman–Crippen LogP) is 0.976. The molecule has 0 unspecified atom stereocenters. The number of halogens is 3. The Morgan fingerprint density at radius 2 is 2.07 bits per heavy atom. The first kappa shape index (κ1) is 9.55. The molecule has 0 N–H and O–H groups in total. The quantitative estimate of drug-likeness (QED) is 0.499. The fourth-order valence-corrected chi connectivity index (χ4v) is 1.45. The largest absolute Gasteiger partial charge is 0.494 e. The van der Waals surface area contributed by atoms with Crippen molar-refractivity contribution in [2.24, 2.45) is 0 Å². The third kappa shape index (κ3) is 1.22. The number of benzene rings is 1. The molecule has 2 nitrogen and oxygen atoms in total. The Labute approximate surface area is 78.8 Å². The number of hydrogen-bond donors (Lipinski definition) is 0. The van der Waals surface area contributed by atoms with Gasteiger partial charge >= 0.3 is 7.12 Å². The van der Waals surface area contributed by atoms with Crippen LogP contribution in [-0.4, -0.2) is 14.2 Å². The van der Waals surface area contributed by atoms with Crippen molar-refractivity contribution in [3.63, 3.8) is 0 Å². The summed E-state index contributed by atoms with van der Waals surface area (Å²) in [6, 6.07) is 0.898. The van der Waals surface area contributed by atoms with Crippen LogP contribution in [-0.2, 0) is 15.9 Å². The van der Waals surface area contributed by atoms with Crippen molar-refractivity contribution in [2.75, 3.05) is 7.11 Å². The van der Waals surface area contributed by atoms with Crippen LogP contribution in [0.2, 0.25) is 0 Å². The normalized spacial score (nSPS) is 14.7. The van der Waals surface area contributed by atoms with Gasteiger partial charge in [-0.2, -0.15) is 0 Å². The maximum absolute atomic E-state index is 13.1.